The molecule has 5 nitrogen and oxygen atoms in total. The van der Waals surface area contributed by atoms with Crippen LogP contribution in [0.1, 0.15) is 101 Å². The predicted molar refractivity (Wildman–Crippen MR) is 306 cm³/mol. The van der Waals surface area contributed by atoms with Crippen molar-refractivity contribution in [3.05, 3.63) is 185 Å². The number of para-hydroxylation sites is 1. The molecule has 3 aliphatic heterocycles. The first kappa shape index (κ1) is 45.4. The fourth-order valence-corrected chi connectivity index (χ4v) is 12.6. The van der Waals surface area contributed by atoms with Crippen molar-refractivity contribution in [2.75, 3.05) is 23.0 Å². The summed E-state index contributed by atoms with van der Waals surface area (Å²) < 4.78 is 20.2. The van der Waals surface area contributed by atoms with Crippen LogP contribution in [-0.2, 0) is 16.2 Å². The molecule has 4 heterocycles. The summed E-state index contributed by atoms with van der Waals surface area (Å²) in [6.45, 7) is 26.6. The SMILES string of the molecule is Cc1cc2c3c(c1)N(c1c(C)cc(C(C)(C)C)cc1C)c1c(ccc4c1OCCCO4)B3c1cc(C(C)(C)C)ccc1N2c1cc(-c2ccc3c(c2)C(C)(C)c2ccccc2-3)cc(-c2cc3ccccc3o2)c1. The molecule has 4 aliphatic rings. The van der Waals surface area contributed by atoms with Crippen molar-refractivity contribution in [2.24, 2.45) is 0 Å². The van der Waals surface area contributed by atoms with Crippen molar-refractivity contribution in [2.45, 2.75) is 98.8 Å². The van der Waals surface area contributed by atoms with E-state index in [1.165, 1.54) is 83.4 Å². The second kappa shape index (κ2) is 16.0. The first-order valence-electron chi connectivity index (χ1n) is 26.3. The summed E-state index contributed by atoms with van der Waals surface area (Å²) in [4.78, 5) is 5.10. The summed E-state index contributed by atoms with van der Waals surface area (Å²) in [7, 11) is 0. The average molecular weight is 955 g/mol. The molecule has 0 N–H and O–H groups in total. The molecule has 362 valence electrons. The third kappa shape index (κ3) is 7.03. The number of benzene rings is 8. The van der Waals surface area contributed by atoms with Crippen LogP contribution in [0, 0.1) is 20.8 Å². The van der Waals surface area contributed by atoms with E-state index in [0.29, 0.717) is 13.2 Å². The van der Waals surface area contributed by atoms with Gasteiger partial charge in [0.1, 0.15) is 11.3 Å². The Kier molecular flexibility index (Phi) is 9.98. The Balaban J connectivity index is 1.10. The molecule has 9 aromatic rings. The molecule has 0 radical (unpaired) electrons. The number of rotatable bonds is 4. The van der Waals surface area contributed by atoms with Gasteiger partial charge in [0.15, 0.2) is 11.5 Å². The number of nitrogens with zero attached hydrogens (tertiary/aromatic N) is 2. The van der Waals surface area contributed by atoms with Gasteiger partial charge in [0.25, 0.3) is 6.71 Å². The fourth-order valence-electron chi connectivity index (χ4n) is 12.6. The molecule has 1 aliphatic carbocycles. The maximum atomic E-state index is 6.90. The van der Waals surface area contributed by atoms with E-state index in [-0.39, 0.29) is 23.0 Å². The maximum Gasteiger partial charge on any atom is 0.252 e. The lowest BCUT2D eigenvalue weighted by Crippen LogP contribution is -2.61. The number of hydrogen-bond acceptors (Lipinski definition) is 5. The quantitative estimate of drug-likeness (QED) is 0.164. The second-order valence-corrected chi connectivity index (χ2v) is 23.8. The van der Waals surface area contributed by atoms with Gasteiger partial charge in [0, 0.05) is 45.5 Å². The minimum Gasteiger partial charge on any atom is -0.489 e. The Morgan fingerprint density at radius 2 is 1.23 bits per heavy atom. The van der Waals surface area contributed by atoms with Crippen LogP contribution in [0.4, 0.5) is 34.1 Å². The smallest absolute Gasteiger partial charge is 0.252 e. The highest BCUT2D eigenvalue weighted by Crippen LogP contribution is 2.54. The van der Waals surface area contributed by atoms with Crippen LogP contribution in [0.15, 0.2) is 150 Å². The molecule has 13 rings (SSSR count). The highest BCUT2D eigenvalue weighted by atomic mass is 16.5. The maximum absolute atomic E-state index is 6.90. The van der Waals surface area contributed by atoms with E-state index >= 15 is 0 Å². The van der Waals surface area contributed by atoms with E-state index < -0.39 is 0 Å². The van der Waals surface area contributed by atoms with E-state index in [0.717, 1.165) is 68.5 Å². The normalized spacial score (nSPS) is 15.1. The van der Waals surface area contributed by atoms with Crippen molar-refractivity contribution >= 4 is 68.2 Å². The van der Waals surface area contributed by atoms with Crippen LogP contribution in [0.25, 0.3) is 44.5 Å². The molecule has 0 amide bonds. The van der Waals surface area contributed by atoms with Crippen molar-refractivity contribution in [3.63, 3.8) is 0 Å². The summed E-state index contributed by atoms with van der Waals surface area (Å²) >= 11 is 0. The molecular weight excluding hydrogens is 892 g/mol. The largest absolute Gasteiger partial charge is 0.489 e. The minimum absolute atomic E-state index is 0.0127. The van der Waals surface area contributed by atoms with Gasteiger partial charge in [-0.25, -0.2) is 0 Å². The molecule has 0 spiro atoms. The highest BCUT2D eigenvalue weighted by molar-refractivity contribution is 7.00. The lowest BCUT2D eigenvalue weighted by molar-refractivity contribution is 0.297. The molecule has 0 unspecified atom stereocenters. The van der Waals surface area contributed by atoms with Gasteiger partial charge in [-0.1, -0.05) is 140 Å². The van der Waals surface area contributed by atoms with E-state index in [1.54, 1.807) is 0 Å². The van der Waals surface area contributed by atoms with Gasteiger partial charge in [-0.2, -0.15) is 0 Å². The zero-order chi connectivity index (χ0) is 50.5. The Morgan fingerprint density at radius 1 is 0.534 bits per heavy atom. The number of hydrogen-bond donors (Lipinski definition) is 0. The van der Waals surface area contributed by atoms with Crippen LogP contribution in [0.3, 0.4) is 0 Å². The van der Waals surface area contributed by atoms with Gasteiger partial charge >= 0.3 is 0 Å². The van der Waals surface area contributed by atoms with Crippen LogP contribution in [-0.4, -0.2) is 19.9 Å². The predicted octanol–water partition coefficient (Wildman–Crippen LogP) is 15.8. The number of aryl methyl sites for hydroxylation is 3. The van der Waals surface area contributed by atoms with Gasteiger partial charge in [0.05, 0.1) is 24.6 Å². The molecule has 6 heteroatoms. The molecule has 0 saturated heterocycles. The van der Waals surface area contributed by atoms with Gasteiger partial charge in [-0.15, -0.1) is 0 Å². The van der Waals surface area contributed by atoms with E-state index in [4.69, 9.17) is 13.9 Å². The minimum atomic E-state index is -0.144. The van der Waals surface area contributed by atoms with E-state index in [1.807, 2.05) is 0 Å². The third-order valence-corrected chi connectivity index (χ3v) is 16.3. The van der Waals surface area contributed by atoms with Crippen molar-refractivity contribution in [1.82, 2.24) is 0 Å². The first-order valence-corrected chi connectivity index (χ1v) is 26.3. The summed E-state index contributed by atoms with van der Waals surface area (Å²) in [5, 5.41) is 1.09. The highest BCUT2D eigenvalue weighted by Gasteiger charge is 2.46. The van der Waals surface area contributed by atoms with E-state index in [9.17, 15) is 0 Å². The van der Waals surface area contributed by atoms with Crippen molar-refractivity contribution in [1.29, 1.82) is 0 Å². The Hall–Kier alpha value is -7.44. The van der Waals surface area contributed by atoms with Crippen molar-refractivity contribution < 1.29 is 13.9 Å². The Labute approximate surface area is 431 Å². The Morgan fingerprint density at radius 3 is 2.00 bits per heavy atom. The topological polar surface area (TPSA) is 38.1 Å². The average Bonchev–Trinajstić information content (AvgIpc) is 3.78. The van der Waals surface area contributed by atoms with E-state index in [2.05, 4.69) is 232 Å². The van der Waals surface area contributed by atoms with Crippen LogP contribution < -0.4 is 35.7 Å². The molecule has 73 heavy (non-hydrogen) atoms. The second-order valence-electron chi connectivity index (χ2n) is 23.8. The lowest BCUT2D eigenvalue weighted by Gasteiger charge is -2.45. The van der Waals surface area contributed by atoms with Crippen molar-refractivity contribution in [3.8, 4) is 45.1 Å². The fraction of sp³-hybridized carbons (Fsp3) is 0.254. The molecule has 0 saturated carbocycles. The summed E-state index contributed by atoms with van der Waals surface area (Å²) in [5.74, 6) is 2.46. The van der Waals surface area contributed by atoms with Gasteiger partial charge in [0.2, 0.25) is 0 Å². The first-order chi connectivity index (χ1) is 34.9. The molecule has 0 atom stereocenters. The molecular formula is C67H63BN2O3. The zero-order valence-electron chi connectivity index (χ0n) is 44.2. The molecule has 0 fully saturated rings. The number of fused-ring (bicyclic) bond motifs is 10. The molecule has 8 aromatic carbocycles. The Bertz CT molecular complexity index is 3730. The molecule has 0 bridgehead atoms. The standard InChI is InChI=1S/C67H63BN2O3/c1-39-29-56-61-57(30-39)70(62-40(2)31-47(32-41(62)3)66(7,8)9)63-53(24-26-59-64(63)72-28-16-27-71-59)68(61)54-38-46(65(4,5)6)22-25-55(54)69(56)48-34-44(33-45(35-48)60-37-43-17-12-15-20-58(43)73-60)42-21-23-50-49-18-13-14-19-51(49)67(10,11)52(50)36-42/h12-15,17-26,29-38H,16,27-28H2,1-11H3. The third-order valence-electron chi connectivity index (χ3n) is 16.3. The van der Waals surface area contributed by atoms with Crippen LogP contribution in [0.5, 0.6) is 11.5 Å². The van der Waals surface area contributed by atoms with Gasteiger partial charge in [-0.05, 0) is 170 Å². The van der Waals surface area contributed by atoms with Crippen LogP contribution >= 0.6 is 0 Å². The monoisotopic (exact) mass is 954 g/mol. The van der Waals surface area contributed by atoms with Gasteiger partial charge < -0.3 is 23.7 Å². The summed E-state index contributed by atoms with van der Waals surface area (Å²) in [6, 6.07) is 55.0. The van der Waals surface area contributed by atoms with Gasteiger partial charge in [-0.3, -0.25) is 0 Å². The summed E-state index contributed by atoms with van der Waals surface area (Å²) in [6.07, 6.45) is 0.823. The number of anilines is 6. The van der Waals surface area contributed by atoms with Crippen LogP contribution in [0.2, 0.25) is 0 Å². The summed E-state index contributed by atoms with van der Waals surface area (Å²) in [5.41, 5.74) is 26.1. The zero-order valence-corrected chi connectivity index (χ0v) is 44.2. The number of furan rings is 1. The number of ether oxygens (including phenoxy) is 2. The lowest BCUT2D eigenvalue weighted by atomic mass is 9.33. The molecule has 1 aromatic heterocycles.